The molecule has 0 radical (unpaired) electrons. The zero-order valence-electron chi connectivity index (χ0n) is 20.0. The smallest absolute Gasteiger partial charge is 0.329 e. The lowest BCUT2D eigenvalue weighted by molar-refractivity contribution is -0.167. The standard InChI is InChI=1S/C26H33NO7/c1-4-16-11-21(29)26(3)18(16)8-7-15(2)10-22(26)34-25(32)19-6-5-9-27(19)23(30)12-17-14-33-24(31)13-20(17)28/h7-8,11,17,19,22,24,31H,4-6,9-10,12-14H2,1-3H3/t17?,19?,22-,24?,26-/m0/s1. The number of rotatable bonds is 5. The minimum atomic E-state index is -1.12. The fourth-order valence-corrected chi connectivity index (χ4v) is 5.45. The number of nitrogens with zero attached hydrogens (tertiary/aromatic N) is 1. The van der Waals surface area contributed by atoms with Crippen molar-refractivity contribution in [3.63, 3.8) is 0 Å². The van der Waals surface area contributed by atoms with Crippen molar-refractivity contribution in [2.45, 2.75) is 77.7 Å². The molecule has 0 aromatic rings. The predicted octanol–water partition coefficient (Wildman–Crippen LogP) is 2.41. The van der Waals surface area contributed by atoms with Gasteiger partial charge in [-0.15, -0.1) is 0 Å². The molecule has 3 unspecified atom stereocenters. The van der Waals surface area contributed by atoms with Gasteiger partial charge in [-0.1, -0.05) is 24.6 Å². The van der Waals surface area contributed by atoms with Gasteiger partial charge in [-0.25, -0.2) is 4.79 Å². The summed E-state index contributed by atoms with van der Waals surface area (Å²) < 4.78 is 11.1. The quantitative estimate of drug-likeness (QED) is 0.613. The molecule has 0 bridgehead atoms. The third kappa shape index (κ3) is 4.41. The van der Waals surface area contributed by atoms with Gasteiger partial charge >= 0.3 is 5.97 Å². The van der Waals surface area contributed by atoms with Gasteiger partial charge in [-0.05, 0) is 50.3 Å². The fourth-order valence-electron chi connectivity index (χ4n) is 5.45. The van der Waals surface area contributed by atoms with Gasteiger partial charge in [-0.2, -0.15) is 0 Å². The average Bonchev–Trinajstić information content (AvgIpc) is 3.34. The van der Waals surface area contributed by atoms with E-state index in [-0.39, 0.29) is 36.9 Å². The number of likely N-dealkylation sites (tertiary alicyclic amines) is 1. The number of aliphatic hydroxyl groups is 1. The second kappa shape index (κ2) is 9.58. The molecule has 1 N–H and O–H groups in total. The van der Waals surface area contributed by atoms with Crippen molar-refractivity contribution in [2.24, 2.45) is 11.3 Å². The van der Waals surface area contributed by atoms with Crippen LogP contribution < -0.4 is 0 Å². The number of ether oxygens (including phenoxy) is 2. The zero-order valence-corrected chi connectivity index (χ0v) is 20.0. The Bertz CT molecular complexity index is 993. The topological polar surface area (TPSA) is 110 Å². The highest BCUT2D eigenvalue weighted by Crippen LogP contribution is 2.48. The maximum atomic E-state index is 13.3. The number of allylic oxidation sites excluding steroid dienone is 4. The SMILES string of the molecule is CCC1=CC(=O)[C@]2(C)C1=CC=C(C)C[C@@H]2OC(=O)C1CCCN1C(=O)CC1COC(O)CC1=O. The Hall–Kier alpha value is -2.58. The van der Waals surface area contributed by atoms with Crippen LogP contribution in [0.25, 0.3) is 0 Å². The molecule has 2 aliphatic heterocycles. The highest BCUT2D eigenvalue weighted by atomic mass is 16.6. The number of carbonyl (C=O) groups excluding carboxylic acids is 4. The van der Waals surface area contributed by atoms with Crippen LogP contribution >= 0.6 is 0 Å². The van der Waals surface area contributed by atoms with E-state index in [0.29, 0.717) is 32.2 Å². The van der Waals surface area contributed by atoms with Crippen molar-refractivity contribution in [2.75, 3.05) is 13.2 Å². The first-order chi connectivity index (χ1) is 16.1. The molecule has 0 saturated carbocycles. The highest BCUT2D eigenvalue weighted by molar-refractivity contribution is 6.04. The number of fused-ring (bicyclic) bond motifs is 1. The molecule has 184 valence electrons. The summed E-state index contributed by atoms with van der Waals surface area (Å²) in [5.41, 5.74) is 1.92. The van der Waals surface area contributed by atoms with Crippen molar-refractivity contribution in [1.29, 1.82) is 0 Å². The summed E-state index contributed by atoms with van der Waals surface area (Å²) in [5, 5.41) is 9.45. The van der Waals surface area contributed by atoms with Crippen molar-refractivity contribution in [3.8, 4) is 0 Å². The van der Waals surface area contributed by atoms with Crippen LogP contribution in [-0.2, 0) is 28.7 Å². The van der Waals surface area contributed by atoms with Crippen molar-refractivity contribution in [1.82, 2.24) is 4.90 Å². The molecular weight excluding hydrogens is 438 g/mol. The van der Waals surface area contributed by atoms with Crippen LogP contribution in [0.4, 0.5) is 0 Å². The second-order valence-corrected chi connectivity index (χ2v) is 9.92. The van der Waals surface area contributed by atoms with Gasteiger partial charge in [0, 0.05) is 19.4 Å². The van der Waals surface area contributed by atoms with E-state index in [1.807, 2.05) is 32.9 Å². The molecule has 4 rings (SSSR count). The Morgan fingerprint density at radius 2 is 2.03 bits per heavy atom. The minimum absolute atomic E-state index is 0.00921. The summed E-state index contributed by atoms with van der Waals surface area (Å²) in [6.45, 7) is 6.19. The molecule has 2 saturated heterocycles. The Kier molecular flexibility index (Phi) is 6.92. The van der Waals surface area contributed by atoms with Gasteiger partial charge in [0.2, 0.25) is 5.91 Å². The maximum Gasteiger partial charge on any atom is 0.329 e. The van der Waals surface area contributed by atoms with Crippen LogP contribution in [0.5, 0.6) is 0 Å². The van der Waals surface area contributed by atoms with Crippen LogP contribution in [-0.4, -0.2) is 65.0 Å². The summed E-state index contributed by atoms with van der Waals surface area (Å²) in [4.78, 5) is 53.1. The minimum Gasteiger partial charge on any atom is -0.459 e. The first kappa shape index (κ1) is 24.5. The molecule has 0 aromatic heterocycles. The molecule has 34 heavy (non-hydrogen) atoms. The van der Waals surface area contributed by atoms with E-state index < -0.39 is 35.7 Å². The molecule has 2 fully saturated rings. The number of hydrogen-bond donors (Lipinski definition) is 1. The summed E-state index contributed by atoms with van der Waals surface area (Å²) in [5.74, 6) is -1.70. The number of hydrogen-bond acceptors (Lipinski definition) is 7. The number of amides is 1. The van der Waals surface area contributed by atoms with Crippen molar-refractivity contribution < 1.29 is 33.8 Å². The van der Waals surface area contributed by atoms with E-state index in [2.05, 4.69) is 0 Å². The van der Waals surface area contributed by atoms with E-state index in [1.54, 1.807) is 6.08 Å². The lowest BCUT2D eigenvalue weighted by Gasteiger charge is -2.35. The number of carbonyl (C=O) groups is 4. The monoisotopic (exact) mass is 471 g/mol. The molecule has 5 atom stereocenters. The van der Waals surface area contributed by atoms with Gasteiger partial charge < -0.3 is 19.5 Å². The Balaban J connectivity index is 1.47. The zero-order chi connectivity index (χ0) is 24.6. The molecule has 2 heterocycles. The second-order valence-electron chi connectivity index (χ2n) is 9.92. The first-order valence-electron chi connectivity index (χ1n) is 12.1. The summed E-state index contributed by atoms with van der Waals surface area (Å²) in [6.07, 6.45) is 5.93. The normalized spacial score (nSPS) is 33.6. The maximum absolute atomic E-state index is 13.3. The fraction of sp³-hybridized carbons (Fsp3) is 0.615. The van der Waals surface area contributed by atoms with Gasteiger partial charge in [0.15, 0.2) is 12.1 Å². The van der Waals surface area contributed by atoms with E-state index in [0.717, 1.165) is 16.7 Å². The third-order valence-corrected chi connectivity index (χ3v) is 7.63. The third-order valence-electron chi connectivity index (χ3n) is 7.63. The Morgan fingerprint density at radius 3 is 2.74 bits per heavy atom. The summed E-state index contributed by atoms with van der Waals surface area (Å²) in [6, 6.07) is -0.739. The molecule has 1 amide bonds. The van der Waals surface area contributed by atoms with Crippen LogP contribution in [0.3, 0.4) is 0 Å². The molecule has 0 spiro atoms. The number of Topliss-reactive ketones (excluding diaryl/α,β-unsaturated/α-hetero) is 1. The number of ketones is 2. The highest BCUT2D eigenvalue weighted by Gasteiger charge is 2.51. The average molecular weight is 472 g/mol. The lowest BCUT2D eigenvalue weighted by Crippen LogP contribution is -2.47. The molecule has 8 heteroatoms. The van der Waals surface area contributed by atoms with Gasteiger partial charge in [0.25, 0.3) is 0 Å². The van der Waals surface area contributed by atoms with E-state index in [4.69, 9.17) is 9.47 Å². The van der Waals surface area contributed by atoms with Crippen molar-refractivity contribution in [3.05, 3.63) is 34.9 Å². The van der Waals surface area contributed by atoms with E-state index in [1.165, 1.54) is 4.90 Å². The number of aliphatic hydroxyl groups excluding tert-OH is 1. The molecule has 8 nitrogen and oxygen atoms in total. The summed E-state index contributed by atoms with van der Waals surface area (Å²) in [7, 11) is 0. The van der Waals surface area contributed by atoms with Gasteiger partial charge in [0.1, 0.15) is 17.9 Å². The Labute approximate surface area is 199 Å². The number of esters is 1. The van der Waals surface area contributed by atoms with Crippen LogP contribution in [0.1, 0.15) is 59.3 Å². The summed E-state index contributed by atoms with van der Waals surface area (Å²) >= 11 is 0. The van der Waals surface area contributed by atoms with Crippen LogP contribution in [0, 0.1) is 11.3 Å². The van der Waals surface area contributed by atoms with E-state index >= 15 is 0 Å². The molecular formula is C26H33NO7. The van der Waals surface area contributed by atoms with Crippen LogP contribution in [0.15, 0.2) is 34.9 Å². The van der Waals surface area contributed by atoms with Crippen molar-refractivity contribution >= 4 is 23.4 Å². The lowest BCUT2D eigenvalue weighted by atomic mass is 9.74. The van der Waals surface area contributed by atoms with E-state index in [9.17, 15) is 24.3 Å². The molecule has 0 aromatic carbocycles. The Morgan fingerprint density at radius 1 is 1.26 bits per heavy atom. The molecule has 4 aliphatic rings. The molecule has 2 aliphatic carbocycles. The largest absolute Gasteiger partial charge is 0.459 e. The first-order valence-corrected chi connectivity index (χ1v) is 12.1. The van der Waals surface area contributed by atoms with Gasteiger partial charge in [-0.3, -0.25) is 14.4 Å². The predicted molar refractivity (Wildman–Crippen MR) is 122 cm³/mol. The van der Waals surface area contributed by atoms with Gasteiger partial charge in [0.05, 0.1) is 24.4 Å². The van der Waals surface area contributed by atoms with Crippen LogP contribution in [0.2, 0.25) is 0 Å².